The van der Waals surface area contributed by atoms with Gasteiger partial charge in [-0.15, -0.1) is 0 Å². The maximum absolute atomic E-state index is 8.91. The third-order valence-corrected chi connectivity index (χ3v) is 2.20. The summed E-state index contributed by atoms with van der Waals surface area (Å²) in [5.74, 6) is 0. The van der Waals surface area contributed by atoms with E-state index in [9.17, 15) is 0 Å². The van der Waals surface area contributed by atoms with Crippen LogP contribution >= 0.6 is 0 Å². The first-order chi connectivity index (χ1) is 3.81. The smallest absolute Gasteiger partial charge is 0.116 e. The van der Waals surface area contributed by atoms with Crippen LogP contribution in [0.25, 0.3) is 0 Å². The van der Waals surface area contributed by atoms with Crippen molar-refractivity contribution in [3.05, 3.63) is 0 Å². The summed E-state index contributed by atoms with van der Waals surface area (Å²) in [6.07, 6.45) is 0. The second kappa shape index (κ2) is 3.32. The number of likely N-dealkylation sites (N-methyl/N-ethyl adjacent to an activating group) is 1. The van der Waals surface area contributed by atoms with Crippen LogP contribution in [-0.4, -0.2) is 48.4 Å². The first-order valence-electron chi connectivity index (χ1n) is 3.24. The van der Waals surface area contributed by atoms with E-state index in [4.69, 9.17) is 5.11 Å². The molecule has 0 bridgehead atoms. The molecule has 0 aliphatic carbocycles. The average molecular weight is 149 g/mol. The maximum atomic E-state index is 8.91. The third-order valence-electron chi connectivity index (χ3n) is 2.20. The minimum absolute atomic E-state index is 0. The van der Waals surface area contributed by atoms with Crippen molar-refractivity contribution < 1.29 is 15.1 Å². The van der Waals surface area contributed by atoms with E-state index in [1.165, 1.54) is 0 Å². The Labute approximate surface area is 63.2 Å². The van der Waals surface area contributed by atoms with Crippen LogP contribution < -0.4 is 0 Å². The third kappa shape index (κ3) is 2.64. The Hall–Kier alpha value is -0.120. The Bertz CT molecular complexity index is 94.3. The SMILES string of the molecule is CC(C)(CO)[N+](C)(C)C.[OH-]. The molecule has 0 atom stereocenters. The van der Waals surface area contributed by atoms with E-state index < -0.39 is 0 Å². The Morgan fingerprint density at radius 2 is 1.50 bits per heavy atom. The molecule has 0 rings (SSSR count). The van der Waals surface area contributed by atoms with Gasteiger partial charge in [-0.05, 0) is 13.8 Å². The van der Waals surface area contributed by atoms with Crippen LogP contribution in [0.5, 0.6) is 0 Å². The molecule has 0 amide bonds. The zero-order valence-electron chi connectivity index (χ0n) is 7.55. The summed E-state index contributed by atoms with van der Waals surface area (Å²) in [4.78, 5) is 0. The fourth-order valence-electron chi connectivity index (χ4n) is 0.212. The minimum atomic E-state index is -0.0278. The monoisotopic (exact) mass is 149 g/mol. The van der Waals surface area contributed by atoms with Crippen LogP contribution in [0.4, 0.5) is 0 Å². The largest absolute Gasteiger partial charge is 0.870 e. The summed E-state index contributed by atoms with van der Waals surface area (Å²) < 4.78 is 0.795. The van der Waals surface area contributed by atoms with Gasteiger partial charge in [0.1, 0.15) is 5.54 Å². The second-order valence-electron chi connectivity index (χ2n) is 3.98. The zero-order chi connectivity index (χ0) is 7.71. The number of hydrogen-bond donors (Lipinski definition) is 1. The number of aliphatic hydroxyl groups is 1. The Balaban J connectivity index is 0. The normalized spacial score (nSPS) is 12.6. The van der Waals surface area contributed by atoms with Crippen molar-refractivity contribution in [2.75, 3.05) is 27.7 Å². The fraction of sp³-hybridized carbons (Fsp3) is 1.00. The lowest BCUT2D eigenvalue weighted by Crippen LogP contribution is -2.55. The number of aliphatic hydroxyl groups excluding tert-OH is 1. The molecule has 10 heavy (non-hydrogen) atoms. The first-order valence-corrected chi connectivity index (χ1v) is 3.24. The summed E-state index contributed by atoms with van der Waals surface area (Å²) >= 11 is 0. The zero-order valence-corrected chi connectivity index (χ0v) is 7.55. The molecule has 0 radical (unpaired) electrons. The van der Waals surface area contributed by atoms with Gasteiger partial charge < -0.3 is 15.1 Å². The second-order valence-corrected chi connectivity index (χ2v) is 3.98. The molecule has 0 aliphatic rings. The number of hydrogen-bond acceptors (Lipinski definition) is 2. The minimum Gasteiger partial charge on any atom is -0.870 e. The van der Waals surface area contributed by atoms with E-state index >= 15 is 0 Å². The molecule has 0 heterocycles. The van der Waals surface area contributed by atoms with Gasteiger partial charge in [0, 0.05) is 0 Å². The van der Waals surface area contributed by atoms with Gasteiger partial charge in [0.2, 0.25) is 0 Å². The average Bonchev–Trinajstić information content (AvgIpc) is 1.64. The summed E-state index contributed by atoms with van der Waals surface area (Å²) in [6, 6.07) is 0. The fourth-order valence-corrected chi connectivity index (χ4v) is 0.212. The number of quaternary nitrogens is 1. The highest BCUT2D eigenvalue weighted by Gasteiger charge is 2.31. The predicted molar refractivity (Wildman–Crippen MR) is 41.1 cm³/mol. The lowest BCUT2D eigenvalue weighted by molar-refractivity contribution is -0.920. The molecule has 0 fully saturated rings. The molecule has 3 heteroatoms. The lowest BCUT2D eigenvalue weighted by Gasteiger charge is -2.39. The lowest BCUT2D eigenvalue weighted by atomic mass is 10.0. The van der Waals surface area contributed by atoms with Crippen LogP contribution in [0.15, 0.2) is 0 Å². The molecule has 0 aliphatic heterocycles. The topological polar surface area (TPSA) is 50.2 Å². The molecule has 0 aromatic rings. The van der Waals surface area contributed by atoms with Gasteiger partial charge in [0.05, 0.1) is 27.7 Å². The van der Waals surface area contributed by atoms with Crippen molar-refractivity contribution in [1.29, 1.82) is 0 Å². The molecular formula is C7H19NO2. The van der Waals surface area contributed by atoms with Crippen molar-refractivity contribution in [1.82, 2.24) is 0 Å². The molecule has 0 unspecified atom stereocenters. The molecule has 2 N–H and O–H groups in total. The first kappa shape index (κ1) is 12.5. The summed E-state index contributed by atoms with van der Waals surface area (Å²) in [5, 5.41) is 8.91. The quantitative estimate of drug-likeness (QED) is 0.573. The van der Waals surface area contributed by atoms with Gasteiger partial charge in [0.25, 0.3) is 0 Å². The van der Waals surface area contributed by atoms with Crippen LogP contribution in [0, 0.1) is 0 Å². The van der Waals surface area contributed by atoms with Gasteiger partial charge in [-0.2, -0.15) is 0 Å². The van der Waals surface area contributed by atoms with Gasteiger partial charge in [0.15, 0.2) is 0 Å². The van der Waals surface area contributed by atoms with Gasteiger partial charge in [-0.1, -0.05) is 0 Å². The molecule has 0 saturated carbocycles. The molecule has 0 saturated heterocycles. The van der Waals surface area contributed by atoms with E-state index in [0.717, 1.165) is 4.48 Å². The molecule has 3 nitrogen and oxygen atoms in total. The van der Waals surface area contributed by atoms with Gasteiger partial charge >= 0.3 is 0 Å². The van der Waals surface area contributed by atoms with Gasteiger partial charge in [-0.3, -0.25) is 0 Å². The standard InChI is InChI=1S/C7H18NO.H2O/c1-7(2,6-9)8(3,4)5;/h9H,6H2,1-5H3;1H2/q+1;/p-1. The van der Waals surface area contributed by atoms with E-state index in [1.54, 1.807) is 0 Å². The molecule has 0 aromatic heterocycles. The Morgan fingerprint density at radius 3 is 1.50 bits per heavy atom. The van der Waals surface area contributed by atoms with E-state index in [2.05, 4.69) is 21.1 Å². The van der Waals surface area contributed by atoms with Crippen molar-refractivity contribution in [3.8, 4) is 0 Å². The Morgan fingerprint density at radius 1 is 1.20 bits per heavy atom. The maximum Gasteiger partial charge on any atom is 0.116 e. The van der Waals surface area contributed by atoms with Crippen LogP contribution in [0.3, 0.4) is 0 Å². The Kier molecular flexibility index (Phi) is 4.17. The van der Waals surface area contributed by atoms with E-state index in [-0.39, 0.29) is 17.6 Å². The van der Waals surface area contributed by atoms with Crippen molar-refractivity contribution in [3.63, 3.8) is 0 Å². The van der Waals surface area contributed by atoms with E-state index in [1.807, 2.05) is 13.8 Å². The summed E-state index contributed by atoms with van der Waals surface area (Å²) in [5.41, 5.74) is -0.0278. The van der Waals surface area contributed by atoms with Crippen LogP contribution in [0.1, 0.15) is 13.8 Å². The molecular weight excluding hydrogens is 130 g/mol. The van der Waals surface area contributed by atoms with Gasteiger partial charge in [-0.25, -0.2) is 0 Å². The van der Waals surface area contributed by atoms with Crippen LogP contribution in [0.2, 0.25) is 0 Å². The van der Waals surface area contributed by atoms with Crippen molar-refractivity contribution in [2.45, 2.75) is 19.4 Å². The highest BCUT2D eigenvalue weighted by atomic mass is 16.3. The molecule has 64 valence electrons. The summed E-state index contributed by atoms with van der Waals surface area (Å²) in [6.45, 7) is 4.33. The summed E-state index contributed by atoms with van der Waals surface area (Å²) in [7, 11) is 6.24. The highest BCUT2D eigenvalue weighted by Crippen LogP contribution is 2.15. The number of nitrogens with zero attached hydrogens (tertiary/aromatic N) is 1. The highest BCUT2D eigenvalue weighted by molar-refractivity contribution is 4.64. The molecule has 0 aromatic carbocycles. The van der Waals surface area contributed by atoms with Crippen molar-refractivity contribution in [2.24, 2.45) is 0 Å². The number of rotatable bonds is 2. The van der Waals surface area contributed by atoms with Crippen LogP contribution in [-0.2, 0) is 0 Å². The van der Waals surface area contributed by atoms with Crippen molar-refractivity contribution >= 4 is 0 Å². The molecule has 0 spiro atoms. The predicted octanol–water partition coefficient (Wildman–Crippen LogP) is 0.287. The van der Waals surface area contributed by atoms with E-state index in [0.29, 0.717) is 0 Å².